The van der Waals surface area contributed by atoms with E-state index in [0.29, 0.717) is 36.1 Å². The highest BCUT2D eigenvalue weighted by Gasteiger charge is 2.42. The number of alkyl halides is 5. The van der Waals surface area contributed by atoms with Crippen LogP contribution in [-0.4, -0.2) is 29.9 Å². The SMILES string of the molecule is O=C(O)[C@H]1CC[C@H](CNCc2ccc3c(C(F)F)c(O[C@H]4CC[C@@H](C(F)(F)F)CC4)ccc3c2)CC1. The predicted molar refractivity (Wildman–Crippen MR) is 126 cm³/mol. The van der Waals surface area contributed by atoms with Gasteiger partial charge in [-0.1, -0.05) is 18.2 Å². The van der Waals surface area contributed by atoms with Crippen LogP contribution in [0.3, 0.4) is 0 Å². The number of nitrogens with one attached hydrogen (secondary N) is 1. The zero-order valence-electron chi connectivity index (χ0n) is 20.0. The minimum absolute atomic E-state index is 0.0378. The Morgan fingerprint density at radius 1 is 1.00 bits per heavy atom. The summed E-state index contributed by atoms with van der Waals surface area (Å²) in [6.45, 7) is 1.34. The molecule has 0 spiro atoms. The van der Waals surface area contributed by atoms with Crippen molar-refractivity contribution in [2.75, 3.05) is 6.54 Å². The molecule has 0 atom stereocenters. The van der Waals surface area contributed by atoms with Gasteiger partial charge in [-0.25, -0.2) is 8.78 Å². The first-order valence-electron chi connectivity index (χ1n) is 12.6. The number of hydrogen-bond donors (Lipinski definition) is 2. The topological polar surface area (TPSA) is 58.6 Å². The Kier molecular flexibility index (Phi) is 8.37. The lowest BCUT2D eigenvalue weighted by Crippen LogP contribution is -2.32. The maximum atomic E-state index is 14.0. The molecule has 0 saturated heterocycles. The molecule has 9 heteroatoms. The molecule has 0 unspecified atom stereocenters. The Morgan fingerprint density at radius 2 is 1.69 bits per heavy atom. The molecule has 2 fully saturated rings. The van der Waals surface area contributed by atoms with Gasteiger partial charge in [0.2, 0.25) is 0 Å². The van der Waals surface area contributed by atoms with Crippen LogP contribution in [0.4, 0.5) is 22.0 Å². The number of benzene rings is 2. The third kappa shape index (κ3) is 6.47. The van der Waals surface area contributed by atoms with E-state index < -0.39 is 30.6 Å². The first kappa shape index (κ1) is 26.6. The number of rotatable bonds is 8. The Bertz CT molecular complexity index is 1040. The summed E-state index contributed by atoms with van der Waals surface area (Å²) in [4.78, 5) is 11.1. The number of carboxylic acid groups (broad SMARTS) is 1. The lowest BCUT2D eigenvalue weighted by Gasteiger charge is -2.30. The fourth-order valence-corrected chi connectivity index (χ4v) is 5.54. The lowest BCUT2D eigenvalue weighted by molar-refractivity contribution is -0.185. The zero-order chi connectivity index (χ0) is 25.9. The van der Waals surface area contributed by atoms with E-state index in [1.54, 1.807) is 18.2 Å². The van der Waals surface area contributed by atoms with E-state index in [1.165, 1.54) is 6.07 Å². The summed E-state index contributed by atoms with van der Waals surface area (Å²) < 4.78 is 72.6. The highest BCUT2D eigenvalue weighted by atomic mass is 19.4. The van der Waals surface area contributed by atoms with Gasteiger partial charge < -0.3 is 15.2 Å². The van der Waals surface area contributed by atoms with Crippen molar-refractivity contribution in [1.82, 2.24) is 5.32 Å². The Labute approximate surface area is 207 Å². The van der Waals surface area contributed by atoms with Crippen LogP contribution in [0.25, 0.3) is 10.8 Å². The standard InChI is InChI=1S/C27H32F5NO3/c28-25(29)24-22-11-3-17(15-33-14-16-1-4-18(5-2-16)26(34)35)13-19(22)6-12-23(24)36-21-9-7-20(8-10-21)27(30,31)32/h3,6,11-13,16,18,20-21,25,33H,1-2,4-5,7-10,14-15H2,(H,34,35)/t16-,18-,20-,21+. The number of hydrogen-bond acceptors (Lipinski definition) is 3. The number of carbonyl (C=O) groups is 1. The van der Waals surface area contributed by atoms with E-state index in [-0.39, 0.29) is 42.9 Å². The Morgan fingerprint density at radius 3 is 2.31 bits per heavy atom. The minimum atomic E-state index is -4.23. The molecule has 2 aliphatic carbocycles. The third-order valence-corrected chi connectivity index (χ3v) is 7.69. The first-order chi connectivity index (χ1) is 17.1. The van der Waals surface area contributed by atoms with Crippen LogP contribution in [0, 0.1) is 17.8 Å². The maximum Gasteiger partial charge on any atom is 0.391 e. The molecule has 0 amide bonds. The van der Waals surface area contributed by atoms with Crippen molar-refractivity contribution in [3.05, 3.63) is 41.5 Å². The van der Waals surface area contributed by atoms with Gasteiger partial charge in [0.1, 0.15) is 5.75 Å². The number of halogens is 5. The van der Waals surface area contributed by atoms with Crippen molar-refractivity contribution in [2.45, 2.75) is 76.6 Å². The molecule has 198 valence electrons. The molecule has 0 bridgehead atoms. The molecular formula is C27H32F5NO3. The van der Waals surface area contributed by atoms with Crippen LogP contribution >= 0.6 is 0 Å². The van der Waals surface area contributed by atoms with E-state index in [9.17, 15) is 26.7 Å². The van der Waals surface area contributed by atoms with Gasteiger partial charge in [0, 0.05) is 6.54 Å². The predicted octanol–water partition coefficient (Wildman–Crippen LogP) is 7.26. The Balaban J connectivity index is 1.37. The average molecular weight is 514 g/mol. The monoisotopic (exact) mass is 513 g/mol. The van der Waals surface area contributed by atoms with Crippen LogP contribution in [0.15, 0.2) is 30.3 Å². The van der Waals surface area contributed by atoms with Gasteiger partial charge in [-0.05, 0) is 92.3 Å². The minimum Gasteiger partial charge on any atom is -0.490 e. The molecule has 2 aromatic rings. The summed E-state index contributed by atoms with van der Waals surface area (Å²) in [5.41, 5.74) is 0.723. The van der Waals surface area contributed by atoms with Gasteiger partial charge >= 0.3 is 12.1 Å². The number of fused-ring (bicyclic) bond motifs is 1. The molecule has 4 nitrogen and oxygen atoms in total. The van der Waals surface area contributed by atoms with E-state index in [4.69, 9.17) is 9.84 Å². The van der Waals surface area contributed by atoms with Crippen molar-refractivity contribution < 1.29 is 36.6 Å². The van der Waals surface area contributed by atoms with Crippen molar-refractivity contribution in [1.29, 1.82) is 0 Å². The van der Waals surface area contributed by atoms with E-state index >= 15 is 0 Å². The largest absolute Gasteiger partial charge is 0.490 e. The summed E-state index contributed by atoms with van der Waals surface area (Å²) in [6, 6.07) is 8.51. The molecule has 0 radical (unpaired) electrons. The van der Waals surface area contributed by atoms with Gasteiger partial charge in [-0.2, -0.15) is 13.2 Å². The number of aliphatic carboxylic acids is 1. The van der Waals surface area contributed by atoms with Gasteiger partial charge in [0.25, 0.3) is 6.43 Å². The van der Waals surface area contributed by atoms with Gasteiger partial charge in [0.05, 0.1) is 23.5 Å². The zero-order valence-corrected chi connectivity index (χ0v) is 20.0. The van der Waals surface area contributed by atoms with E-state index in [2.05, 4.69) is 5.32 Å². The molecule has 0 heterocycles. The van der Waals surface area contributed by atoms with Crippen molar-refractivity contribution in [3.63, 3.8) is 0 Å². The van der Waals surface area contributed by atoms with Crippen LogP contribution in [-0.2, 0) is 11.3 Å². The number of ether oxygens (including phenoxy) is 1. The highest BCUT2D eigenvalue weighted by molar-refractivity contribution is 5.88. The van der Waals surface area contributed by atoms with E-state index in [1.807, 2.05) is 6.07 Å². The van der Waals surface area contributed by atoms with Gasteiger partial charge in [-0.3, -0.25) is 4.79 Å². The normalized spacial score (nSPS) is 25.3. The lowest BCUT2D eigenvalue weighted by atomic mass is 9.82. The second-order valence-corrected chi connectivity index (χ2v) is 10.2. The summed E-state index contributed by atoms with van der Waals surface area (Å²) in [5.74, 6) is -1.85. The molecule has 4 rings (SSSR count). The average Bonchev–Trinajstić information content (AvgIpc) is 2.84. The number of carboxylic acids is 1. The molecule has 0 aromatic heterocycles. The molecule has 0 aliphatic heterocycles. The summed E-state index contributed by atoms with van der Waals surface area (Å²) in [5, 5.41) is 13.5. The van der Waals surface area contributed by atoms with Crippen LogP contribution in [0.1, 0.15) is 68.9 Å². The molecular weight excluding hydrogens is 481 g/mol. The maximum absolute atomic E-state index is 14.0. The molecule has 2 aromatic carbocycles. The third-order valence-electron chi connectivity index (χ3n) is 7.69. The van der Waals surface area contributed by atoms with Crippen molar-refractivity contribution in [2.24, 2.45) is 17.8 Å². The molecule has 2 saturated carbocycles. The second-order valence-electron chi connectivity index (χ2n) is 10.2. The van der Waals surface area contributed by atoms with Crippen molar-refractivity contribution in [3.8, 4) is 5.75 Å². The fourth-order valence-electron chi connectivity index (χ4n) is 5.54. The van der Waals surface area contributed by atoms with Crippen molar-refractivity contribution >= 4 is 16.7 Å². The van der Waals surface area contributed by atoms with Crippen LogP contribution < -0.4 is 10.1 Å². The highest BCUT2D eigenvalue weighted by Crippen LogP contribution is 2.41. The van der Waals surface area contributed by atoms with Gasteiger partial charge in [0.15, 0.2) is 0 Å². The van der Waals surface area contributed by atoms with Crippen LogP contribution in [0.5, 0.6) is 5.75 Å². The smallest absolute Gasteiger partial charge is 0.391 e. The molecule has 36 heavy (non-hydrogen) atoms. The molecule has 2 aliphatic rings. The second kappa shape index (κ2) is 11.3. The fraction of sp³-hybridized carbons (Fsp3) is 0.593. The first-order valence-corrected chi connectivity index (χ1v) is 12.6. The van der Waals surface area contributed by atoms with E-state index in [0.717, 1.165) is 24.9 Å². The van der Waals surface area contributed by atoms with Crippen LogP contribution in [0.2, 0.25) is 0 Å². The summed E-state index contributed by atoms with van der Waals surface area (Å²) >= 11 is 0. The van der Waals surface area contributed by atoms with Gasteiger partial charge in [-0.15, -0.1) is 0 Å². The summed E-state index contributed by atoms with van der Waals surface area (Å²) in [6.07, 6.45) is -4.10. The Hall–Kier alpha value is -2.42. The quantitative estimate of drug-likeness (QED) is 0.365. The summed E-state index contributed by atoms with van der Waals surface area (Å²) in [7, 11) is 0. The molecule has 2 N–H and O–H groups in total.